The summed E-state index contributed by atoms with van der Waals surface area (Å²) in [5, 5.41) is 0. The van der Waals surface area contributed by atoms with Crippen molar-refractivity contribution in [1.82, 2.24) is 0 Å². The Morgan fingerprint density at radius 2 is 1.86 bits per heavy atom. The molecule has 21 heavy (non-hydrogen) atoms. The van der Waals surface area contributed by atoms with Gasteiger partial charge in [0.05, 0.1) is 7.11 Å². The van der Waals surface area contributed by atoms with Crippen molar-refractivity contribution < 1.29 is 4.74 Å². The van der Waals surface area contributed by atoms with Gasteiger partial charge in [0, 0.05) is 10.0 Å². The molecule has 1 atom stereocenters. The van der Waals surface area contributed by atoms with E-state index >= 15 is 0 Å². The van der Waals surface area contributed by atoms with E-state index in [9.17, 15) is 0 Å². The summed E-state index contributed by atoms with van der Waals surface area (Å²) in [6.07, 6.45) is 2.74. The molecule has 0 heterocycles. The van der Waals surface area contributed by atoms with Crippen LogP contribution in [-0.4, -0.2) is 7.11 Å². The van der Waals surface area contributed by atoms with Gasteiger partial charge in [0.1, 0.15) is 5.75 Å². The van der Waals surface area contributed by atoms with Crippen LogP contribution in [0.1, 0.15) is 30.9 Å². The molecule has 1 unspecified atom stereocenters. The summed E-state index contributed by atoms with van der Waals surface area (Å²) in [5.41, 5.74) is 8.70. The average molecular weight is 348 g/mol. The predicted molar refractivity (Wildman–Crippen MR) is 91.6 cm³/mol. The maximum atomic E-state index is 6.76. The van der Waals surface area contributed by atoms with E-state index in [4.69, 9.17) is 10.5 Å². The number of benzene rings is 2. The zero-order valence-corrected chi connectivity index (χ0v) is 14.2. The lowest BCUT2D eigenvalue weighted by atomic mass is 9.81. The Kier molecular flexibility index (Phi) is 5.43. The van der Waals surface area contributed by atoms with Gasteiger partial charge in [-0.3, -0.25) is 0 Å². The summed E-state index contributed by atoms with van der Waals surface area (Å²) in [6, 6.07) is 16.4. The molecule has 2 rings (SSSR count). The Morgan fingerprint density at radius 3 is 2.48 bits per heavy atom. The molecule has 0 radical (unpaired) electrons. The van der Waals surface area contributed by atoms with Crippen molar-refractivity contribution in [1.29, 1.82) is 0 Å². The maximum Gasteiger partial charge on any atom is 0.122 e. The highest BCUT2D eigenvalue weighted by Crippen LogP contribution is 2.33. The van der Waals surface area contributed by atoms with E-state index < -0.39 is 0 Å². The van der Waals surface area contributed by atoms with Crippen LogP contribution in [0.4, 0.5) is 0 Å². The zero-order valence-electron chi connectivity index (χ0n) is 12.6. The fraction of sp³-hybridized carbons (Fsp3) is 0.333. The van der Waals surface area contributed by atoms with Gasteiger partial charge < -0.3 is 10.5 Å². The van der Waals surface area contributed by atoms with Gasteiger partial charge >= 0.3 is 0 Å². The molecule has 0 bridgehead atoms. The summed E-state index contributed by atoms with van der Waals surface area (Å²) in [7, 11) is 1.70. The van der Waals surface area contributed by atoms with Gasteiger partial charge in [0.15, 0.2) is 0 Å². The highest BCUT2D eigenvalue weighted by Gasteiger charge is 2.28. The van der Waals surface area contributed by atoms with E-state index in [1.54, 1.807) is 7.11 Å². The Labute approximate surface area is 135 Å². The minimum absolute atomic E-state index is 0.371. The molecule has 2 nitrogen and oxygen atoms in total. The first-order chi connectivity index (χ1) is 10.1. The van der Waals surface area contributed by atoms with Crippen LogP contribution < -0.4 is 10.5 Å². The summed E-state index contributed by atoms with van der Waals surface area (Å²) >= 11 is 3.53. The van der Waals surface area contributed by atoms with Gasteiger partial charge in [0.2, 0.25) is 0 Å². The van der Waals surface area contributed by atoms with E-state index in [0.29, 0.717) is 0 Å². The zero-order chi connectivity index (χ0) is 15.3. The average Bonchev–Trinajstić information content (AvgIpc) is 2.48. The molecule has 2 aromatic carbocycles. The number of halogens is 1. The molecule has 0 aliphatic carbocycles. The third kappa shape index (κ3) is 3.86. The van der Waals surface area contributed by atoms with Gasteiger partial charge in [-0.2, -0.15) is 0 Å². The van der Waals surface area contributed by atoms with Crippen molar-refractivity contribution in [2.24, 2.45) is 5.73 Å². The summed E-state index contributed by atoms with van der Waals surface area (Å²) in [6.45, 7) is 2.17. The van der Waals surface area contributed by atoms with E-state index in [1.165, 1.54) is 5.56 Å². The first kappa shape index (κ1) is 16.1. The standard InChI is InChI=1S/C18H22BrNO/c1-3-11-18(20,15-7-5-4-6-8-15)13-14-12-16(19)9-10-17(14)21-2/h4-10,12H,3,11,13,20H2,1-2H3. The monoisotopic (exact) mass is 347 g/mol. The minimum Gasteiger partial charge on any atom is -0.496 e. The van der Waals surface area contributed by atoms with Gasteiger partial charge in [-0.25, -0.2) is 0 Å². The lowest BCUT2D eigenvalue weighted by Crippen LogP contribution is -2.39. The van der Waals surface area contributed by atoms with Crippen LogP contribution >= 0.6 is 15.9 Å². The second kappa shape index (κ2) is 7.10. The topological polar surface area (TPSA) is 35.2 Å². The molecule has 0 aromatic heterocycles. The third-order valence-electron chi connectivity index (χ3n) is 3.79. The van der Waals surface area contributed by atoms with Crippen LogP contribution in [0.15, 0.2) is 53.0 Å². The number of rotatable bonds is 6. The van der Waals surface area contributed by atoms with Crippen LogP contribution in [-0.2, 0) is 12.0 Å². The number of nitrogens with two attached hydrogens (primary N) is 1. The van der Waals surface area contributed by atoms with Crippen molar-refractivity contribution in [2.75, 3.05) is 7.11 Å². The summed E-state index contributed by atoms with van der Waals surface area (Å²) in [4.78, 5) is 0. The normalized spacial score (nSPS) is 13.7. The van der Waals surface area contributed by atoms with Crippen molar-refractivity contribution in [3.8, 4) is 5.75 Å². The molecule has 0 fully saturated rings. The van der Waals surface area contributed by atoms with Crippen LogP contribution in [0.2, 0.25) is 0 Å². The Balaban J connectivity index is 2.39. The van der Waals surface area contributed by atoms with E-state index in [2.05, 4.69) is 41.1 Å². The summed E-state index contributed by atoms with van der Waals surface area (Å²) in [5.74, 6) is 0.889. The molecule has 112 valence electrons. The third-order valence-corrected chi connectivity index (χ3v) is 4.29. The number of methoxy groups -OCH3 is 1. The fourth-order valence-electron chi connectivity index (χ4n) is 2.78. The Bertz CT molecular complexity index is 585. The first-order valence-electron chi connectivity index (χ1n) is 7.26. The second-order valence-electron chi connectivity index (χ2n) is 5.41. The largest absolute Gasteiger partial charge is 0.496 e. The molecule has 2 N–H and O–H groups in total. The van der Waals surface area contributed by atoms with Crippen molar-refractivity contribution in [3.05, 3.63) is 64.1 Å². The van der Waals surface area contributed by atoms with E-state index in [1.807, 2.05) is 30.3 Å². The van der Waals surface area contributed by atoms with Crippen LogP contribution in [0.25, 0.3) is 0 Å². The molecule has 0 saturated carbocycles. The highest BCUT2D eigenvalue weighted by molar-refractivity contribution is 9.10. The molecule has 0 amide bonds. The van der Waals surface area contributed by atoms with Crippen molar-refractivity contribution in [2.45, 2.75) is 31.7 Å². The van der Waals surface area contributed by atoms with Gasteiger partial charge in [0.25, 0.3) is 0 Å². The fourth-order valence-corrected chi connectivity index (χ4v) is 3.18. The first-order valence-corrected chi connectivity index (χ1v) is 8.05. The lowest BCUT2D eigenvalue weighted by Gasteiger charge is -2.31. The molecular weight excluding hydrogens is 326 g/mol. The lowest BCUT2D eigenvalue weighted by molar-refractivity contribution is 0.376. The predicted octanol–water partition coefficient (Wildman–Crippen LogP) is 4.65. The SMILES string of the molecule is CCCC(N)(Cc1cc(Br)ccc1OC)c1ccccc1. The van der Waals surface area contributed by atoms with Crippen LogP contribution in [0, 0.1) is 0 Å². The van der Waals surface area contributed by atoms with Crippen molar-refractivity contribution >= 4 is 15.9 Å². The van der Waals surface area contributed by atoms with Crippen LogP contribution in [0.3, 0.4) is 0 Å². The number of hydrogen-bond acceptors (Lipinski definition) is 2. The van der Waals surface area contributed by atoms with Gasteiger partial charge in [-0.1, -0.05) is 59.6 Å². The Morgan fingerprint density at radius 1 is 1.14 bits per heavy atom. The molecule has 2 aromatic rings. The highest BCUT2D eigenvalue weighted by atomic mass is 79.9. The van der Waals surface area contributed by atoms with E-state index in [0.717, 1.165) is 35.0 Å². The Hall–Kier alpha value is -1.32. The summed E-state index contributed by atoms with van der Waals surface area (Å²) < 4.78 is 6.53. The second-order valence-corrected chi connectivity index (χ2v) is 6.32. The molecule has 0 saturated heterocycles. The molecule has 0 aliphatic rings. The molecule has 0 spiro atoms. The number of ether oxygens (including phenoxy) is 1. The minimum atomic E-state index is -0.371. The maximum absolute atomic E-state index is 6.76. The number of hydrogen-bond donors (Lipinski definition) is 1. The van der Waals surface area contributed by atoms with Gasteiger partial charge in [-0.05, 0) is 42.2 Å². The molecular formula is C18H22BrNO. The smallest absolute Gasteiger partial charge is 0.122 e. The van der Waals surface area contributed by atoms with Crippen molar-refractivity contribution in [3.63, 3.8) is 0 Å². The van der Waals surface area contributed by atoms with Crippen LogP contribution in [0.5, 0.6) is 5.75 Å². The van der Waals surface area contributed by atoms with Gasteiger partial charge in [-0.15, -0.1) is 0 Å². The molecule has 3 heteroatoms. The quantitative estimate of drug-likeness (QED) is 0.824. The molecule has 0 aliphatic heterocycles. The van der Waals surface area contributed by atoms with E-state index in [-0.39, 0.29) is 5.54 Å².